The summed E-state index contributed by atoms with van der Waals surface area (Å²) in [7, 11) is 0. The molecule has 5 nitrogen and oxygen atoms in total. The summed E-state index contributed by atoms with van der Waals surface area (Å²) in [4.78, 5) is 23.8. The molecular weight excluding hydrogens is 284 g/mol. The van der Waals surface area contributed by atoms with Crippen LogP contribution in [-0.4, -0.2) is 30.3 Å². The van der Waals surface area contributed by atoms with Gasteiger partial charge in [-0.25, -0.2) is 4.79 Å². The highest BCUT2D eigenvalue weighted by molar-refractivity contribution is 5.89. The zero-order valence-corrected chi connectivity index (χ0v) is 13.1. The quantitative estimate of drug-likeness (QED) is 0.618. The fraction of sp³-hybridized carbons (Fsp3) is 0.412. The van der Waals surface area contributed by atoms with E-state index in [9.17, 15) is 14.7 Å². The van der Waals surface area contributed by atoms with Gasteiger partial charge >= 0.3 is 11.9 Å². The van der Waals surface area contributed by atoms with Crippen molar-refractivity contribution >= 4 is 11.9 Å². The Hall–Kier alpha value is -2.14. The van der Waals surface area contributed by atoms with Crippen molar-refractivity contribution in [2.45, 2.75) is 26.9 Å². The van der Waals surface area contributed by atoms with E-state index in [1.807, 2.05) is 6.07 Å². The van der Waals surface area contributed by atoms with Gasteiger partial charge in [-0.3, -0.25) is 4.79 Å². The van der Waals surface area contributed by atoms with Gasteiger partial charge in [-0.15, -0.1) is 0 Å². The van der Waals surface area contributed by atoms with E-state index >= 15 is 0 Å². The minimum Gasteiger partial charge on any atom is -0.465 e. The van der Waals surface area contributed by atoms with Crippen molar-refractivity contribution in [1.29, 1.82) is 0 Å². The van der Waals surface area contributed by atoms with E-state index in [-0.39, 0.29) is 18.8 Å². The highest BCUT2D eigenvalue weighted by atomic mass is 16.5. The predicted molar refractivity (Wildman–Crippen MR) is 81.9 cm³/mol. The summed E-state index contributed by atoms with van der Waals surface area (Å²) in [6, 6.07) is 8.77. The molecule has 5 heteroatoms. The maximum atomic E-state index is 12.1. The Labute approximate surface area is 130 Å². The summed E-state index contributed by atoms with van der Waals surface area (Å²) < 4.78 is 9.88. The topological polar surface area (TPSA) is 72.8 Å². The molecule has 0 saturated carbocycles. The molecule has 2 atom stereocenters. The second kappa shape index (κ2) is 9.00. The van der Waals surface area contributed by atoms with Crippen molar-refractivity contribution in [2.75, 3.05) is 13.2 Å². The highest BCUT2D eigenvalue weighted by Crippen LogP contribution is 2.25. The van der Waals surface area contributed by atoms with Gasteiger partial charge in [0.15, 0.2) is 0 Å². The van der Waals surface area contributed by atoms with E-state index in [0.29, 0.717) is 5.56 Å². The molecule has 0 spiro atoms. The first-order chi connectivity index (χ1) is 10.5. The molecule has 120 valence electrons. The molecule has 0 amide bonds. The summed E-state index contributed by atoms with van der Waals surface area (Å²) in [5, 5.41) is 10.4. The SMILES string of the molecule is CCOC(=O)/C(C)=C/C(C(=O)OCC)C(O)c1ccccc1. The van der Waals surface area contributed by atoms with E-state index in [0.717, 1.165) is 0 Å². The van der Waals surface area contributed by atoms with Crippen LogP contribution in [0.1, 0.15) is 32.4 Å². The standard InChI is InChI=1S/C17H22O5/c1-4-21-16(19)12(3)11-14(17(20)22-5-2)15(18)13-9-7-6-8-10-13/h6-11,14-15,18H,4-5H2,1-3H3/b12-11+. The van der Waals surface area contributed by atoms with Crippen molar-refractivity contribution in [3.63, 3.8) is 0 Å². The van der Waals surface area contributed by atoms with Gasteiger partial charge < -0.3 is 14.6 Å². The Morgan fingerprint density at radius 2 is 1.73 bits per heavy atom. The Morgan fingerprint density at radius 3 is 2.27 bits per heavy atom. The minimum atomic E-state index is -1.09. The van der Waals surface area contributed by atoms with Crippen LogP contribution in [0.15, 0.2) is 42.0 Å². The maximum absolute atomic E-state index is 12.1. The normalized spacial score (nSPS) is 14.1. The first-order valence-electron chi connectivity index (χ1n) is 7.26. The molecule has 1 rings (SSSR count). The van der Waals surface area contributed by atoms with Gasteiger partial charge in [0, 0.05) is 5.57 Å². The first kappa shape index (κ1) is 17.9. The van der Waals surface area contributed by atoms with Gasteiger partial charge in [0.2, 0.25) is 0 Å². The Morgan fingerprint density at radius 1 is 1.14 bits per heavy atom. The molecule has 0 fully saturated rings. The van der Waals surface area contributed by atoms with Crippen molar-refractivity contribution in [1.82, 2.24) is 0 Å². The molecule has 1 aromatic carbocycles. The third-order valence-electron chi connectivity index (χ3n) is 3.07. The van der Waals surface area contributed by atoms with Crippen LogP contribution in [0.5, 0.6) is 0 Å². The number of esters is 2. The number of hydrogen-bond donors (Lipinski definition) is 1. The van der Waals surface area contributed by atoms with Gasteiger partial charge in [-0.05, 0) is 26.3 Å². The van der Waals surface area contributed by atoms with Crippen molar-refractivity contribution < 1.29 is 24.2 Å². The number of carbonyl (C=O) groups excluding carboxylic acids is 2. The van der Waals surface area contributed by atoms with Crippen LogP contribution in [0.3, 0.4) is 0 Å². The third kappa shape index (κ3) is 5.00. The summed E-state index contributed by atoms with van der Waals surface area (Å²) in [5.74, 6) is -2.06. The molecule has 0 bridgehead atoms. The van der Waals surface area contributed by atoms with Crippen LogP contribution in [-0.2, 0) is 19.1 Å². The largest absolute Gasteiger partial charge is 0.465 e. The number of benzene rings is 1. The van der Waals surface area contributed by atoms with Gasteiger partial charge in [0.1, 0.15) is 5.92 Å². The van der Waals surface area contributed by atoms with Gasteiger partial charge in [-0.1, -0.05) is 36.4 Å². The van der Waals surface area contributed by atoms with E-state index in [4.69, 9.17) is 9.47 Å². The molecule has 0 aliphatic carbocycles. The second-order valence-corrected chi connectivity index (χ2v) is 4.70. The molecular formula is C17H22O5. The van der Waals surface area contributed by atoms with Gasteiger partial charge in [0.25, 0.3) is 0 Å². The number of aliphatic hydroxyl groups is 1. The molecule has 2 unspecified atom stereocenters. The van der Waals surface area contributed by atoms with Crippen LogP contribution in [0, 0.1) is 5.92 Å². The molecule has 0 aliphatic heterocycles. The average Bonchev–Trinajstić information content (AvgIpc) is 2.53. The van der Waals surface area contributed by atoms with Crippen molar-refractivity contribution in [3.8, 4) is 0 Å². The van der Waals surface area contributed by atoms with E-state index < -0.39 is 24.0 Å². The van der Waals surface area contributed by atoms with E-state index in [2.05, 4.69) is 0 Å². The second-order valence-electron chi connectivity index (χ2n) is 4.70. The number of aliphatic hydroxyl groups excluding tert-OH is 1. The van der Waals surface area contributed by atoms with E-state index in [1.54, 1.807) is 45.0 Å². The van der Waals surface area contributed by atoms with Crippen LogP contribution in [0.25, 0.3) is 0 Å². The Bertz CT molecular complexity index is 521. The van der Waals surface area contributed by atoms with Crippen molar-refractivity contribution in [2.24, 2.45) is 5.92 Å². The van der Waals surface area contributed by atoms with Crippen LogP contribution in [0.4, 0.5) is 0 Å². The number of carbonyl (C=O) groups is 2. The number of ether oxygens (including phenoxy) is 2. The summed E-state index contributed by atoms with van der Waals surface area (Å²) in [5.41, 5.74) is 0.836. The fourth-order valence-corrected chi connectivity index (χ4v) is 1.97. The molecule has 1 N–H and O–H groups in total. The van der Waals surface area contributed by atoms with Crippen LogP contribution in [0.2, 0.25) is 0 Å². The summed E-state index contributed by atoms with van der Waals surface area (Å²) >= 11 is 0. The Balaban J connectivity index is 3.05. The molecule has 0 heterocycles. The Kier molecular flexibility index (Phi) is 7.32. The molecule has 22 heavy (non-hydrogen) atoms. The van der Waals surface area contributed by atoms with E-state index in [1.165, 1.54) is 6.08 Å². The van der Waals surface area contributed by atoms with Gasteiger partial charge in [0.05, 0.1) is 19.3 Å². The lowest BCUT2D eigenvalue weighted by atomic mass is 9.94. The molecule has 1 aromatic rings. The predicted octanol–water partition coefficient (Wildman–Crippen LogP) is 2.41. The molecule has 0 radical (unpaired) electrons. The zero-order chi connectivity index (χ0) is 16.5. The van der Waals surface area contributed by atoms with Crippen LogP contribution >= 0.6 is 0 Å². The lowest BCUT2D eigenvalue weighted by Crippen LogP contribution is -2.24. The first-order valence-corrected chi connectivity index (χ1v) is 7.26. The van der Waals surface area contributed by atoms with Crippen LogP contribution < -0.4 is 0 Å². The zero-order valence-electron chi connectivity index (χ0n) is 13.1. The maximum Gasteiger partial charge on any atom is 0.333 e. The number of hydrogen-bond acceptors (Lipinski definition) is 5. The molecule has 0 saturated heterocycles. The lowest BCUT2D eigenvalue weighted by Gasteiger charge is -2.19. The fourth-order valence-electron chi connectivity index (χ4n) is 1.97. The smallest absolute Gasteiger partial charge is 0.333 e. The minimum absolute atomic E-state index is 0.198. The average molecular weight is 306 g/mol. The summed E-state index contributed by atoms with van der Waals surface area (Å²) in [6.07, 6.45) is 0.304. The summed E-state index contributed by atoms with van der Waals surface area (Å²) in [6.45, 7) is 5.37. The highest BCUT2D eigenvalue weighted by Gasteiger charge is 2.28. The third-order valence-corrected chi connectivity index (χ3v) is 3.07. The monoisotopic (exact) mass is 306 g/mol. The molecule has 0 aromatic heterocycles. The lowest BCUT2D eigenvalue weighted by molar-refractivity contribution is -0.149. The van der Waals surface area contributed by atoms with Crippen molar-refractivity contribution in [3.05, 3.63) is 47.5 Å². The molecule has 0 aliphatic rings. The number of rotatable bonds is 7. The van der Waals surface area contributed by atoms with Gasteiger partial charge in [-0.2, -0.15) is 0 Å².